The summed E-state index contributed by atoms with van der Waals surface area (Å²) in [5.41, 5.74) is 1.13. The minimum absolute atomic E-state index is 0.0265. The Bertz CT molecular complexity index is 356. The molecule has 0 fully saturated rings. The standard InChI is InChI=1S/C14H21NS2/c1-6-10-14(16-5,17-13(2,3)4)12-9-7-8-11-15-12/h6-9,11H,1,10H2,2-5H3. The van der Waals surface area contributed by atoms with Gasteiger partial charge in [0.05, 0.1) is 5.69 Å². The smallest absolute Gasteiger partial charge is 0.107 e. The zero-order valence-electron chi connectivity index (χ0n) is 11.1. The molecule has 1 atom stereocenters. The van der Waals surface area contributed by atoms with Crippen LogP contribution in [0.25, 0.3) is 0 Å². The molecule has 0 radical (unpaired) electrons. The summed E-state index contributed by atoms with van der Waals surface area (Å²) in [6.45, 7) is 10.6. The van der Waals surface area contributed by atoms with E-state index >= 15 is 0 Å². The number of pyridine rings is 1. The molecule has 1 unspecified atom stereocenters. The molecule has 0 spiro atoms. The third-order valence-electron chi connectivity index (χ3n) is 2.27. The summed E-state index contributed by atoms with van der Waals surface area (Å²) in [5, 5.41) is 0. The highest BCUT2D eigenvalue weighted by atomic mass is 32.2. The Kier molecular flexibility index (Phi) is 5.14. The van der Waals surface area contributed by atoms with Gasteiger partial charge in [-0.25, -0.2) is 0 Å². The van der Waals surface area contributed by atoms with Gasteiger partial charge in [-0.1, -0.05) is 32.9 Å². The van der Waals surface area contributed by atoms with Crippen molar-refractivity contribution in [3.8, 4) is 0 Å². The largest absolute Gasteiger partial charge is 0.259 e. The van der Waals surface area contributed by atoms with Crippen molar-refractivity contribution >= 4 is 23.5 Å². The third kappa shape index (κ3) is 4.07. The van der Waals surface area contributed by atoms with E-state index in [1.54, 1.807) is 0 Å². The lowest BCUT2D eigenvalue weighted by molar-refractivity contribution is 0.766. The second-order valence-corrected chi connectivity index (χ2v) is 8.37. The first kappa shape index (κ1) is 14.7. The third-order valence-corrected chi connectivity index (χ3v) is 5.37. The highest BCUT2D eigenvalue weighted by Gasteiger charge is 2.36. The summed E-state index contributed by atoms with van der Waals surface area (Å²) in [7, 11) is 0. The van der Waals surface area contributed by atoms with Crippen LogP contribution in [0.3, 0.4) is 0 Å². The van der Waals surface area contributed by atoms with E-state index in [4.69, 9.17) is 0 Å². The molecule has 1 nitrogen and oxygen atoms in total. The molecule has 1 aromatic heterocycles. The molecule has 1 heterocycles. The molecule has 0 saturated heterocycles. The van der Waals surface area contributed by atoms with Crippen molar-refractivity contribution in [1.29, 1.82) is 0 Å². The van der Waals surface area contributed by atoms with Gasteiger partial charge in [0.1, 0.15) is 4.08 Å². The van der Waals surface area contributed by atoms with Crippen LogP contribution in [0.4, 0.5) is 0 Å². The Morgan fingerprint density at radius 1 is 1.35 bits per heavy atom. The number of rotatable bonds is 5. The molecule has 0 saturated carbocycles. The molecule has 1 aromatic rings. The maximum absolute atomic E-state index is 4.54. The fourth-order valence-corrected chi connectivity index (χ4v) is 4.81. The van der Waals surface area contributed by atoms with Gasteiger partial charge in [0.25, 0.3) is 0 Å². The molecule has 17 heavy (non-hydrogen) atoms. The summed E-state index contributed by atoms with van der Waals surface area (Å²) in [6.07, 6.45) is 6.93. The van der Waals surface area contributed by atoms with Crippen molar-refractivity contribution in [2.45, 2.75) is 36.0 Å². The zero-order valence-corrected chi connectivity index (χ0v) is 12.7. The molecule has 0 amide bonds. The Balaban J connectivity index is 3.13. The molecular weight excluding hydrogens is 246 g/mol. The monoisotopic (exact) mass is 267 g/mol. The summed E-state index contributed by atoms with van der Waals surface area (Å²) in [4.78, 5) is 4.54. The van der Waals surface area contributed by atoms with E-state index < -0.39 is 0 Å². The van der Waals surface area contributed by atoms with Gasteiger partial charge in [0.15, 0.2) is 0 Å². The Morgan fingerprint density at radius 2 is 2.06 bits per heavy atom. The Labute approximate surface area is 113 Å². The van der Waals surface area contributed by atoms with Crippen LogP contribution in [0, 0.1) is 0 Å². The van der Waals surface area contributed by atoms with Gasteiger partial charge < -0.3 is 0 Å². The van der Waals surface area contributed by atoms with Gasteiger partial charge >= 0.3 is 0 Å². The van der Waals surface area contributed by atoms with Gasteiger partial charge in [-0.15, -0.1) is 30.1 Å². The van der Waals surface area contributed by atoms with E-state index in [2.05, 4.69) is 50.7 Å². The molecule has 0 aliphatic carbocycles. The second kappa shape index (κ2) is 5.96. The molecule has 1 rings (SSSR count). The molecule has 0 bridgehead atoms. The molecule has 0 aliphatic rings. The predicted molar refractivity (Wildman–Crippen MR) is 81.6 cm³/mol. The SMILES string of the molecule is C=CCC(SC)(SC(C)(C)C)c1ccccn1. The first-order valence-corrected chi connectivity index (χ1v) is 7.75. The Hall–Kier alpha value is -0.410. The molecule has 0 N–H and O–H groups in total. The predicted octanol–water partition coefficient (Wildman–Crippen LogP) is 4.71. The van der Waals surface area contributed by atoms with E-state index in [0.717, 1.165) is 12.1 Å². The van der Waals surface area contributed by atoms with Crippen LogP contribution >= 0.6 is 23.5 Å². The average molecular weight is 267 g/mol. The van der Waals surface area contributed by atoms with Gasteiger partial charge in [-0.2, -0.15) is 0 Å². The first-order chi connectivity index (χ1) is 7.93. The minimum Gasteiger partial charge on any atom is -0.259 e. The number of nitrogens with zero attached hydrogens (tertiary/aromatic N) is 1. The van der Waals surface area contributed by atoms with E-state index in [9.17, 15) is 0 Å². The minimum atomic E-state index is -0.0265. The van der Waals surface area contributed by atoms with Crippen LogP contribution in [0.5, 0.6) is 0 Å². The van der Waals surface area contributed by atoms with Crippen molar-refractivity contribution in [2.24, 2.45) is 0 Å². The van der Waals surface area contributed by atoms with E-state index in [1.165, 1.54) is 0 Å². The maximum atomic E-state index is 4.54. The highest BCUT2D eigenvalue weighted by Crippen LogP contribution is 2.52. The number of hydrogen-bond donors (Lipinski definition) is 0. The van der Waals surface area contributed by atoms with Crippen LogP contribution < -0.4 is 0 Å². The number of thioether (sulfide) groups is 2. The van der Waals surface area contributed by atoms with Crippen molar-refractivity contribution in [2.75, 3.05) is 6.26 Å². The van der Waals surface area contributed by atoms with Crippen molar-refractivity contribution in [1.82, 2.24) is 4.98 Å². The summed E-state index contributed by atoms with van der Waals surface area (Å²) in [5.74, 6) is 0. The van der Waals surface area contributed by atoms with Crippen molar-refractivity contribution in [3.63, 3.8) is 0 Å². The van der Waals surface area contributed by atoms with Gasteiger partial charge in [0.2, 0.25) is 0 Å². The average Bonchev–Trinajstić information content (AvgIpc) is 2.28. The normalized spacial score (nSPS) is 15.3. The molecule has 3 heteroatoms. The van der Waals surface area contributed by atoms with Crippen LogP contribution in [-0.4, -0.2) is 16.0 Å². The number of hydrogen-bond acceptors (Lipinski definition) is 3. The Morgan fingerprint density at radius 3 is 2.47 bits per heavy atom. The first-order valence-electron chi connectivity index (χ1n) is 5.71. The fraction of sp³-hybridized carbons (Fsp3) is 0.500. The topological polar surface area (TPSA) is 12.9 Å². The lowest BCUT2D eigenvalue weighted by Gasteiger charge is -2.36. The summed E-state index contributed by atoms with van der Waals surface area (Å²) < 4.78 is 0.171. The molecule has 0 aliphatic heterocycles. The van der Waals surface area contributed by atoms with Crippen molar-refractivity contribution < 1.29 is 0 Å². The molecule has 0 aromatic carbocycles. The lowest BCUT2D eigenvalue weighted by Crippen LogP contribution is -2.25. The fourth-order valence-electron chi connectivity index (χ4n) is 1.70. The number of allylic oxidation sites excluding steroid dienone is 1. The maximum Gasteiger partial charge on any atom is 0.107 e. The van der Waals surface area contributed by atoms with E-state index in [1.807, 2.05) is 41.9 Å². The van der Waals surface area contributed by atoms with Crippen LogP contribution in [0.15, 0.2) is 37.1 Å². The van der Waals surface area contributed by atoms with Crippen molar-refractivity contribution in [3.05, 3.63) is 42.7 Å². The molecular formula is C14H21NS2. The number of aromatic nitrogens is 1. The summed E-state index contributed by atoms with van der Waals surface area (Å²) in [6, 6.07) is 6.13. The van der Waals surface area contributed by atoms with Gasteiger partial charge in [0, 0.05) is 10.9 Å². The summed E-state index contributed by atoms with van der Waals surface area (Å²) >= 11 is 3.81. The lowest BCUT2D eigenvalue weighted by atomic mass is 10.2. The second-order valence-electron chi connectivity index (χ2n) is 4.88. The quantitative estimate of drug-likeness (QED) is 0.566. The van der Waals surface area contributed by atoms with E-state index in [0.29, 0.717) is 0 Å². The highest BCUT2D eigenvalue weighted by molar-refractivity contribution is 8.17. The molecule has 94 valence electrons. The van der Waals surface area contributed by atoms with E-state index in [-0.39, 0.29) is 8.83 Å². The van der Waals surface area contributed by atoms with Crippen LogP contribution in [0.1, 0.15) is 32.9 Å². The van der Waals surface area contributed by atoms with Gasteiger partial charge in [-0.3, -0.25) is 4.98 Å². The van der Waals surface area contributed by atoms with Crippen LogP contribution in [0.2, 0.25) is 0 Å². The van der Waals surface area contributed by atoms with Crippen LogP contribution in [-0.2, 0) is 4.08 Å². The zero-order chi connectivity index (χ0) is 12.9. The van der Waals surface area contributed by atoms with Gasteiger partial charge in [-0.05, 0) is 24.8 Å².